The predicted molar refractivity (Wildman–Crippen MR) is 68.4 cm³/mol. The summed E-state index contributed by atoms with van der Waals surface area (Å²) in [6, 6.07) is 9.99. The Morgan fingerprint density at radius 2 is 2.18 bits per heavy atom. The van der Waals surface area contributed by atoms with Crippen LogP contribution >= 0.6 is 0 Å². The number of nitrogens with one attached hydrogen (secondary N) is 1. The fraction of sp³-hybridized carbons (Fsp3) is 0.0769. The third kappa shape index (κ3) is 1.73. The summed E-state index contributed by atoms with van der Waals surface area (Å²) in [5.41, 5.74) is 3.03. The van der Waals surface area contributed by atoms with E-state index in [1.165, 1.54) is 0 Å². The van der Waals surface area contributed by atoms with Crippen molar-refractivity contribution in [2.75, 3.05) is 12.4 Å². The molecule has 0 aliphatic heterocycles. The SMILES string of the molecule is CNc1ccc2nn(-c3cccnc3)cc2c1. The van der Waals surface area contributed by atoms with E-state index in [2.05, 4.69) is 21.5 Å². The van der Waals surface area contributed by atoms with Crippen molar-refractivity contribution < 1.29 is 0 Å². The molecule has 2 heterocycles. The van der Waals surface area contributed by atoms with Gasteiger partial charge in [-0.05, 0) is 30.3 Å². The summed E-state index contributed by atoms with van der Waals surface area (Å²) in [5, 5.41) is 8.74. The van der Waals surface area contributed by atoms with Crippen LogP contribution in [0, 0.1) is 0 Å². The van der Waals surface area contributed by atoms with E-state index in [1.54, 1.807) is 12.4 Å². The number of benzene rings is 1. The normalized spacial score (nSPS) is 10.6. The highest BCUT2D eigenvalue weighted by molar-refractivity contribution is 5.82. The largest absolute Gasteiger partial charge is 0.388 e. The van der Waals surface area contributed by atoms with Crippen LogP contribution in [0.2, 0.25) is 0 Å². The van der Waals surface area contributed by atoms with Gasteiger partial charge in [-0.2, -0.15) is 5.10 Å². The first-order valence-corrected chi connectivity index (χ1v) is 5.44. The summed E-state index contributed by atoms with van der Waals surface area (Å²) in [6.07, 6.45) is 5.56. The van der Waals surface area contributed by atoms with Gasteiger partial charge in [0.1, 0.15) is 0 Å². The van der Waals surface area contributed by atoms with Crippen molar-refractivity contribution in [1.82, 2.24) is 14.8 Å². The zero-order valence-corrected chi connectivity index (χ0v) is 9.46. The lowest BCUT2D eigenvalue weighted by atomic mass is 10.2. The van der Waals surface area contributed by atoms with E-state index < -0.39 is 0 Å². The molecule has 0 unspecified atom stereocenters. The monoisotopic (exact) mass is 224 g/mol. The molecular formula is C13H12N4. The summed E-state index contributed by atoms with van der Waals surface area (Å²) >= 11 is 0. The maximum atomic E-state index is 4.51. The Bertz CT molecular complexity index is 643. The second kappa shape index (κ2) is 3.90. The number of anilines is 1. The van der Waals surface area contributed by atoms with Gasteiger partial charge in [0.2, 0.25) is 0 Å². The average molecular weight is 224 g/mol. The van der Waals surface area contributed by atoms with Gasteiger partial charge < -0.3 is 5.32 Å². The number of aromatic nitrogens is 3. The smallest absolute Gasteiger partial charge is 0.0929 e. The number of hydrogen-bond acceptors (Lipinski definition) is 3. The average Bonchev–Trinajstić information content (AvgIpc) is 2.82. The third-order valence-corrected chi connectivity index (χ3v) is 2.70. The van der Waals surface area contributed by atoms with E-state index in [-0.39, 0.29) is 0 Å². The van der Waals surface area contributed by atoms with Crippen molar-refractivity contribution in [3.63, 3.8) is 0 Å². The van der Waals surface area contributed by atoms with Crippen LogP contribution in [0.4, 0.5) is 5.69 Å². The van der Waals surface area contributed by atoms with Crippen LogP contribution in [-0.4, -0.2) is 21.8 Å². The van der Waals surface area contributed by atoms with Crippen LogP contribution in [0.3, 0.4) is 0 Å². The zero-order valence-electron chi connectivity index (χ0n) is 9.46. The second-order valence-electron chi connectivity index (χ2n) is 3.81. The molecule has 1 N–H and O–H groups in total. The topological polar surface area (TPSA) is 42.7 Å². The van der Waals surface area contributed by atoms with Crippen molar-refractivity contribution in [1.29, 1.82) is 0 Å². The zero-order chi connectivity index (χ0) is 11.7. The van der Waals surface area contributed by atoms with E-state index in [0.29, 0.717) is 0 Å². The maximum Gasteiger partial charge on any atom is 0.0929 e. The molecule has 0 aliphatic rings. The minimum atomic E-state index is 0.967. The molecule has 4 nitrogen and oxygen atoms in total. The van der Waals surface area contributed by atoms with Crippen molar-refractivity contribution >= 4 is 16.6 Å². The summed E-state index contributed by atoms with van der Waals surface area (Å²) < 4.78 is 1.84. The predicted octanol–water partition coefficient (Wildman–Crippen LogP) is 2.46. The highest BCUT2D eigenvalue weighted by atomic mass is 15.3. The van der Waals surface area contributed by atoms with Gasteiger partial charge in [0.15, 0.2) is 0 Å². The van der Waals surface area contributed by atoms with Gasteiger partial charge in [-0.1, -0.05) is 0 Å². The van der Waals surface area contributed by atoms with Crippen LogP contribution < -0.4 is 5.32 Å². The highest BCUT2D eigenvalue weighted by Gasteiger charge is 2.02. The van der Waals surface area contributed by atoms with E-state index in [0.717, 1.165) is 22.3 Å². The number of rotatable bonds is 2. The number of fused-ring (bicyclic) bond motifs is 1. The van der Waals surface area contributed by atoms with Gasteiger partial charge >= 0.3 is 0 Å². The van der Waals surface area contributed by atoms with E-state index in [1.807, 2.05) is 42.2 Å². The molecular weight excluding hydrogens is 212 g/mol. The van der Waals surface area contributed by atoms with Gasteiger partial charge in [0.25, 0.3) is 0 Å². The molecule has 0 atom stereocenters. The molecule has 0 saturated heterocycles. The van der Waals surface area contributed by atoms with Gasteiger partial charge in [0, 0.05) is 30.5 Å². The quantitative estimate of drug-likeness (QED) is 0.727. The molecule has 0 radical (unpaired) electrons. The van der Waals surface area contributed by atoms with Crippen LogP contribution in [0.25, 0.3) is 16.6 Å². The van der Waals surface area contributed by atoms with Crippen LogP contribution in [0.1, 0.15) is 0 Å². The number of pyridine rings is 1. The molecule has 3 aromatic rings. The fourth-order valence-corrected chi connectivity index (χ4v) is 1.80. The molecule has 0 bridgehead atoms. The van der Waals surface area contributed by atoms with Gasteiger partial charge in [-0.15, -0.1) is 0 Å². The first-order chi connectivity index (χ1) is 8.36. The van der Waals surface area contributed by atoms with Gasteiger partial charge in [-0.3, -0.25) is 4.98 Å². The van der Waals surface area contributed by atoms with Gasteiger partial charge in [-0.25, -0.2) is 4.68 Å². The van der Waals surface area contributed by atoms with E-state index >= 15 is 0 Å². The lowest BCUT2D eigenvalue weighted by Crippen LogP contribution is -1.93. The molecule has 0 fully saturated rings. The Morgan fingerprint density at radius 3 is 2.94 bits per heavy atom. The van der Waals surface area contributed by atoms with Gasteiger partial charge in [0.05, 0.1) is 17.4 Å². The minimum absolute atomic E-state index is 0.967. The molecule has 0 saturated carbocycles. The molecule has 0 aliphatic carbocycles. The van der Waals surface area contributed by atoms with Crippen LogP contribution in [0.5, 0.6) is 0 Å². The standard InChI is InChI=1S/C13H12N4/c1-14-11-4-5-13-10(7-11)9-17(16-13)12-3-2-6-15-8-12/h2-9,14H,1H3. The third-order valence-electron chi connectivity index (χ3n) is 2.70. The first-order valence-electron chi connectivity index (χ1n) is 5.44. The number of nitrogens with zero attached hydrogens (tertiary/aromatic N) is 3. The molecule has 0 amide bonds. The Kier molecular flexibility index (Phi) is 2.26. The van der Waals surface area contributed by atoms with Crippen LogP contribution in [0.15, 0.2) is 48.9 Å². The molecule has 3 rings (SSSR count). The van der Waals surface area contributed by atoms with Crippen molar-refractivity contribution in [3.05, 3.63) is 48.9 Å². The summed E-state index contributed by atoms with van der Waals surface area (Å²) in [7, 11) is 1.91. The highest BCUT2D eigenvalue weighted by Crippen LogP contribution is 2.19. The fourth-order valence-electron chi connectivity index (χ4n) is 1.80. The molecule has 0 spiro atoms. The Balaban J connectivity index is 2.14. The summed E-state index contributed by atoms with van der Waals surface area (Å²) in [4.78, 5) is 4.09. The molecule has 84 valence electrons. The van der Waals surface area contributed by atoms with Crippen molar-refractivity contribution in [3.8, 4) is 5.69 Å². The maximum absolute atomic E-state index is 4.51. The van der Waals surface area contributed by atoms with Crippen LogP contribution in [-0.2, 0) is 0 Å². The Labute approximate surface area is 98.9 Å². The lowest BCUT2D eigenvalue weighted by Gasteiger charge is -1.97. The lowest BCUT2D eigenvalue weighted by molar-refractivity contribution is 0.889. The minimum Gasteiger partial charge on any atom is -0.388 e. The van der Waals surface area contributed by atoms with E-state index in [4.69, 9.17) is 0 Å². The van der Waals surface area contributed by atoms with Crippen molar-refractivity contribution in [2.45, 2.75) is 0 Å². The number of hydrogen-bond donors (Lipinski definition) is 1. The molecule has 1 aromatic carbocycles. The summed E-state index contributed by atoms with van der Waals surface area (Å²) in [5.74, 6) is 0. The van der Waals surface area contributed by atoms with Crippen molar-refractivity contribution in [2.24, 2.45) is 0 Å². The first kappa shape index (κ1) is 9.84. The molecule has 2 aromatic heterocycles. The molecule has 17 heavy (non-hydrogen) atoms. The Hall–Kier alpha value is -2.36. The molecule has 4 heteroatoms. The Morgan fingerprint density at radius 1 is 1.24 bits per heavy atom. The summed E-state index contributed by atoms with van der Waals surface area (Å²) in [6.45, 7) is 0. The second-order valence-corrected chi connectivity index (χ2v) is 3.81. The van der Waals surface area contributed by atoms with E-state index in [9.17, 15) is 0 Å².